The molecule has 5 nitrogen and oxygen atoms in total. The highest BCUT2D eigenvalue weighted by Gasteiger charge is 2.31. The van der Waals surface area contributed by atoms with Crippen LogP contribution in [0.2, 0.25) is 0 Å². The zero-order valence-corrected chi connectivity index (χ0v) is 14.1. The average molecular weight is 317 g/mol. The van der Waals surface area contributed by atoms with Crippen molar-refractivity contribution in [3.8, 4) is 0 Å². The van der Waals surface area contributed by atoms with Gasteiger partial charge in [0.05, 0.1) is 12.0 Å². The van der Waals surface area contributed by atoms with E-state index < -0.39 is 0 Å². The van der Waals surface area contributed by atoms with Crippen molar-refractivity contribution < 1.29 is 9.15 Å². The number of rotatable bonds is 8. The number of nitrogens with zero attached hydrogens (tertiary/aromatic N) is 2. The number of furan rings is 1. The molecule has 5 heteroatoms. The maximum absolute atomic E-state index is 5.99. The predicted octanol–water partition coefficient (Wildman–Crippen LogP) is 3.18. The lowest BCUT2D eigenvalue weighted by molar-refractivity contribution is 0.0824. The third-order valence-electron chi connectivity index (χ3n) is 4.69. The summed E-state index contributed by atoms with van der Waals surface area (Å²) in [5.41, 5.74) is 1.21. The van der Waals surface area contributed by atoms with Gasteiger partial charge in [0.2, 0.25) is 0 Å². The van der Waals surface area contributed by atoms with Crippen LogP contribution in [0.1, 0.15) is 44.2 Å². The van der Waals surface area contributed by atoms with E-state index in [1.807, 2.05) is 23.0 Å². The van der Waals surface area contributed by atoms with Crippen LogP contribution >= 0.6 is 0 Å². The molecule has 3 heterocycles. The van der Waals surface area contributed by atoms with Crippen LogP contribution in [0.4, 0.5) is 0 Å². The van der Waals surface area contributed by atoms with E-state index in [9.17, 15) is 0 Å². The summed E-state index contributed by atoms with van der Waals surface area (Å²) in [6, 6.07) is 6.55. The normalized spacial score (nSPS) is 22.5. The molecule has 0 aliphatic carbocycles. The lowest BCUT2D eigenvalue weighted by atomic mass is 9.98. The summed E-state index contributed by atoms with van der Waals surface area (Å²) in [5.74, 6) is 1.58. The minimum Gasteiger partial charge on any atom is -0.469 e. The van der Waals surface area contributed by atoms with E-state index in [1.54, 1.807) is 6.26 Å². The fraction of sp³-hybridized carbons (Fsp3) is 0.611. The molecule has 0 radical (unpaired) electrons. The molecule has 3 rings (SSSR count). The van der Waals surface area contributed by atoms with Gasteiger partial charge in [0.1, 0.15) is 11.9 Å². The van der Waals surface area contributed by atoms with Crippen molar-refractivity contribution in [2.75, 3.05) is 13.2 Å². The summed E-state index contributed by atoms with van der Waals surface area (Å²) in [4.78, 5) is 0. The van der Waals surface area contributed by atoms with Crippen molar-refractivity contribution in [1.82, 2.24) is 15.1 Å². The number of aryl methyl sites for hydroxylation is 2. The van der Waals surface area contributed by atoms with Gasteiger partial charge in [-0.2, -0.15) is 5.10 Å². The highest BCUT2D eigenvalue weighted by atomic mass is 16.5. The van der Waals surface area contributed by atoms with Gasteiger partial charge in [0.25, 0.3) is 0 Å². The number of hydrogen-bond donors (Lipinski definition) is 1. The Balaban J connectivity index is 1.49. The summed E-state index contributed by atoms with van der Waals surface area (Å²) in [6.07, 6.45) is 6.95. The first-order chi connectivity index (χ1) is 11.3. The number of nitrogens with one attached hydrogen (secondary N) is 1. The van der Waals surface area contributed by atoms with Crippen LogP contribution < -0.4 is 5.32 Å². The Morgan fingerprint density at radius 3 is 3.13 bits per heavy atom. The Labute approximate surface area is 138 Å². The Hall–Kier alpha value is -1.59. The minimum atomic E-state index is 0.169. The Morgan fingerprint density at radius 2 is 2.35 bits per heavy atom. The molecular formula is C18H27N3O2. The second kappa shape index (κ2) is 7.79. The van der Waals surface area contributed by atoms with Gasteiger partial charge >= 0.3 is 0 Å². The van der Waals surface area contributed by atoms with E-state index in [-0.39, 0.29) is 6.10 Å². The van der Waals surface area contributed by atoms with E-state index in [0.717, 1.165) is 44.7 Å². The number of ether oxygens (including phenoxy) is 1. The molecule has 0 aromatic carbocycles. The third kappa shape index (κ3) is 4.03. The number of aromatic nitrogens is 2. The monoisotopic (exact) mass is 317 g/mol. The summed E-state index contributed by atoms with van der Waals surface area (Å²) in [6.45, 7) is 7.08. The second-order valence-corrected chi connectivity index (χ2v) is 6.34. The maximum Gasteiger partial charge on any atom is 0.103 e. The Morgan fingerprint density at radius 1 is 1.43 bits per heavy atom. The molecule has 1 saturated heterocycles. The minimum absolute atomic E-state index is 0.169. The van der Waals surface area contributed by atoms with Crippen LogP contribution in [0.15, 0.2) is 35.1 Å². The molecule has 0 amide bonds. The van der Waals surface area contributed by atoms with Crippen LogP contribution in [-0.4, -0.2) is 29.0 Å². The molecule has 0 bridgehead atoms. The largest absolute Gasteiger partial charge is 0.469 e. The quantitative estimate of drug-likeness (QED) is 0.812. The average Bonchev–Trinajstić information content (AvgIpc) is 3.31. The predicted molar refractivity (Wildman–Crippen MR) is 89.2 cm³/mol. The molecule has 23 heavy (non-hydrogen) atoms. The summed E-state index contributed by atoms with van der Waals surface area (Å²) in [5, 5.41) is 8.04. The molecule has 1 aliphatic heterocycles. The fourth-order valence-electron chi connectivity index (χ4n) is 3.29. The second-order valence-electron chi connectivity index (χ2n) is 6.34. The molecule has 0 unspecified atom stereocenters. The Bertz CT molecular complexity index is 579. The molecule has 1 fully saturated rings. The SMILES string of the molecule is CCn1nccc1[C@@H]1OCC[C@H]1CN[C@H](C)CCc1ccco1. The van der Waals surface area contributed by atoms with Crippen molar-refractivity contribution in [3.05, 3.63) is 42.1 Å². The molecule has 0 spiro atoms. The molecule has 1 N–H and O–H groups in total. The highest BCUT2D eigenvalue weighted by molar-refractivity contribution is 5.08. The van der Waals surface area contributed by atoms with Gasteiger partial charge in [-0.3, -0.25) is 4.68 Å². The first kappa shape index (κ1) is 16.3. The van der Waals surface area contributed by atoms with Gasteiger partial charge in [0, 0.05) is 44.3 Å². The van der Waals surface area contributed by atoms with Crippen LogP contribution in [-0.2, 0) is 17.7 Å². The van der Waals surface area contributed by atoms with Crippen LogP contribution in [0.3, 0.4) is 0 Å². The Kier molecular flexibility index (Phi) is 5.51. The molecular weight excluding hydrogens is 290 g/mol. The third-order valence-corrected chi connectivity index (χ3v) is 4.69. The molecule has 0 saturated carbocycles. The zero-order chi connectivity index (χ0) is 16.1. The molecule has 3 atom stereocenters. The lowest BCUT2D eigenvalue weighted by Gasteiger charge is -2.22. The fourth-order valence-corrected chi connectivity index (χ4v) is 3.29. The van der Waals surface area contributed by atoms with Crippen molar-refractivity contribution >= 4 is 0 Å². The van der Waals surface area contributed by atoms with E-state index in [1.165, 1.54) is 5.69 Å². The first-order valence-corrected chi connectivity index (χ1v) is 8.67. The van der Waals surface area contributed by atoms with E-state index in [0.29, 0.717) is 12.0 Å². The van der Waals surface area contributed by atoms with Gasteiger partial charge in [0.15, 0.2) is 0 Å². The van der Waals surface area contributed by atoms with E-state index in [4.69, 9.17) is 9.15 Å². The van der Waals surface area contributed by atoms with Crippen molar-refractivity contribution in [2.45, 2.75) is 51.8 Å². The van der Waals surface area contributed by atoms with Crippen LogP contribution in [0, 0.1) is 5.92 Å². The summed E-state index contributed by atoms with van der Waals surface area (Å²) in [7, 11) is 0. The topological polar surface area (TPSA) is 52.2 Å². The van der Waals surface area contributed by atoms with Gasteiger partial charge < -0.3 is 14.5 Å². The first-order valence-electron chi connectivity index (χ1n) is 8.67. The standard InChI is InChI=1S/C18H27N3O2/c1-3-21-17(8-10-20-21)18-15(9-12-23-18)13-19-14(2)6-7-16-5-4-11-22-16/h4-5,8,10-11,14-15,18-19H,3,6-7,9,12-13H2,1-2H3/t14-,15+,18-/m1/s1. The van der Waals surface area contributed by atoms with Crippen LogP contribution in [0.25, 0.3) is 0 Å². The molecule has 1 aliphatic rings. The van der Waals surface area contributed by atoms with Crippen LogP contribution in [0.5, 0.6) is 0 Å². The van der Waals surface area contributed by atoms with Gasteiger partial charge in [-0.05, 0) is 44.9 Å². The van der Waals surface area contributed by atoms with E-state index >= 15 is 0 Å². The summed E-state index contributed by atoms with van der Waals surface area (Å²) >= 11 is 0. The van der Waals surface area contributed by atoms with E-state index in [2.05, 4.69) is 30.3 Å². The molecule has 126 valence electrons. The van der Waals surface area contributed by atoms with Crippen molar-refractivity contribution in [3.63, 3.8) is 0 Å². The van der Waals surface area contributed by atoms with Crippen molar-refractivity contribution in [1.29, 1.82) is 0 Å². The molecule has 2 aromatic rings. The smallest absolute Gasteiger partial charge is 0.103 e. The highest BCUT2D eigenvalue weighted by Crippen LogP contribution is 2.34. The van der Waals surface area contributed by atoms with Gasteiger partial charge in [-0.1, -0.05) is 0 Å². The number of hydrogen-bond acceptors (Lipinski definition) is 4. The van der Waals surface area contributed by atoms with Gasteiger partial charge in [-0.15, -0.1) is 0 Å². The maximum atomic E-state index is 5.99. The summed E-state index contributed by atoms with van der Waals surface area (Å²) < 4.78 is 13.4. The van der Waals surface area contributed by atoms with Crippen molar-refractivity contribution in [2.24, 2.45) is 5.92 Å². The zero-order valence-electron chi connectivity index (χ0n) is 14.1. The van der Waals surface area contributed by atoms with Gasteiger partial charge in [-0.25, -0.2) is 0 Å². The molecule has 2 aromatic heterocycles. The lowest BCUT2D eigenvalue weighted by Crippen LogP contribution is -2.33.